The van der Waals surface area contributed by atoms with Gasteiger partial charge in [-0.2, -0.15) is 4.98 Å². The Morgan fingerprint density at radius 2 is 1.86 bits per heavy atom. The van der Waals surface area contributed by atoms with Gasteiger partial charge < -0.3 is 10.1 Å². The van der Waals surface area contributed by atoms with Crippen LogP contribution in [0.15, 0.2) is 30.3 Å². The molecule has 0 atom stereocenters. The number of nitrogens with zero attached hydrogens (tertiary/aromatic N) is 2. The van der Waals surface area contributed by atoms with Gasteiger partial charge in [0.1, 0.15) is 11.6 Å². The molecule has 0 aliphatic carbocycles. The van der Waals surface area contributed by atoms with E-state index in [9.17, 15) is 10.1 Å². The van der Waals surface area contributed by atoms with E-state index in [4.69, 9.17) is 4.74 Å². The summed E-state index contributed by atoms with van der Waals surface area (Å²) in [5.41, 5.74) is 2.06. The lowest BCUT2D eigenvalue weighted by Gasteiger charge is -2.09. The molecule has 110 valence electrons. The van der Waals surface area contributed by atoms with Crippen molar-refractivity contribution in [2.24, 2.45) is 0 Å². The van der Waals surface area contributed by atoms with Gasteiger partial charge in [0.2, 0.25) is 5.88 Å². The van der Waals surface area contributed by atoms with E-state index in [0.717, 1.165) is 11.1 Å². The van der Waals surface area contributed by atoms with Crippen LogP contribution in [0.1, 0.15) is 18.1 Å². The van der Waals surface area contributed by atoms with Crippen LogP contribution >= 0.6 is 0 Å². The fourth-order valence-electron chi connectivity index (χ4n) is 2.03. The van der Waals surface area contributed by atoms with Gasteiger partial charge in [-0.15, -0.1) is 0 Å². The molecule has 1 aromatic heterocycles. The summed E-state index contributed by atoms with van der Waals surface area (Å²) in [5.74, 6) is 1.24. The number of hydrogen-bond donors (Lipinski definition) is 1. The summed E-state index contributed by atoms with van der Waals surface area (Å²) < 4.78 is 5.66. The normalized spacial score (nSPS) is 10.2. The maximum Gasteiger partial charge on any atom is 0.278 e. The van der Waals surface area contributed by atoms with Crippen LogP contribution in [0.5, 0.6) is 11.6 Å². The van der Waals surface area contributed by atoms with Gasteiger partial charge in [0.25, 0.3) is 5.69 Å². The van der Waals surface area contributed by atoms with Crippen LogP contribution < -0.4 is 10.1 Å². The monoisotopic (exact) mass is 287 g/mol. The number of ether oxygens (including phenoxy) is 1. The van der Waals surface area contributed by atoms with Crippen molar-refractivity contribution < 1.29 is 9.66 Å². The molecule has 0 saturated carbocycles. The summed E-state index contributed by atoms with van der Waals surface area (Å²) in [5, 5.41) is 13.9. The number of aromatic nitrogens is 1. The zero-order valence-corrected chi connectivity index (χ0v) is 12.2. The average Bonchev–Trinajstić information content (AvgIpc) is 2.37. The Kier molecular flexibility index (Phi) is 4.37. The summed E-state index contributed by atoms with van der Waals surface area (Å²) in [6.07, 6.45) is 0. The number of benzene rings is 1. The van der Waals surface area contributed by atoms with Crippen LogP contribution in [0.4, 0.5) is 11.5 Å². The number of pyridine rings is 1. The first-order valence-corrected chi connectivity index (χ1v) is 6.64. The van der Waals surface area contributed by atoms with E-state index in [2.05, 4.69) is 10.3 Å². The van der Waals surface area contributed by atoms with Gasteiger partial charge in [0.05, 0.1) is 17.1 Å². The van der Waals surface area contributed by atoms with Gasteiger partial charge in [-0.3, -0.25) is 10.1 Å². The highest BCUT2D eigenvalue weighted by Gasteiger charge is 2.12. The third-order valence-electron chi connectivity index (χ3n) is 2.77. The molecule has 0 bridgehead atoms. The van der Waals surface area contributed by atoms with Gasteiger partial charge in [-0.1, -0.05) is 6.07 Å². The average molecular weight is 287 g/mol. The minimum absolute atomic E-state index is 0.0553. The number of nitro groups is 1. The van der Waals surface area contributed by atoms with E-state index >= 15 is 0 Å². The third kappa shape index (κ3) is 3.92. The summed E-state index contributed by atoms with van der Waals surface area (Å²) >= 11 is 0. The van der Waals surface area contributed by atoms with E-state index in [1.807, 2.05) is 39.0 Å². The second kappa shape index (κ2) is 6.21. The minimum atomic E-state index is -0.461. The van der Waals surface area contributed by atoms with Crippen LogP contribution in [0.2, 0.25) is 0 Å². The summed E-state index contributed by atoms with van der Waals surface area (Å²) in [4.78, 5) is 14.7. The zero-order valence-electron chi connectivity index (χ0n) is 12.2. The molecule has 21 heavy (non-hydrogen) atoms. The lowest BCUT2D eigenvalue weighted by atomic mass is 10.1. The van der Waals surface area contributed by atoms with Crippen LogP contribution in [0, 0.1) is 24.0 Å². The quantitative estimate of drug-likeness (QED) is 0.668. The van der Waals surface area contributed by atoms with Crippen molar-refractivity contribution in [2.75, 3.05) is 11.9 Å². The Hall–Kier alpha value is -2.63. The van der Waals surface area contributed by atoms with Crippen molar-refractivity contribution in [1.82, 2.24) is 4.98 Å². The Bertz CT molecular complexity index is 651. The fourth-order valence-corrected chi connectivity index (χ4v) is 2.03. The first-order valence-electron chi connectivity index (χ1n) is 6.64. The van der Waals surface area contributed by atoms with Gasteiger partial charge in [0.15, 0.2) is 0 Å². The summed E-state index contributed by atoms with van der Waals surface area (Å²) in [7, 11) is 0. The first kappa shape index (κ1) is 14.8. The molecular formula is C15H17N3O3. The van der Waals surface area contributed by atoms with E-state index in [0.29, 0.717) is 18.1 Å². The van der Waals surface area contributed by atoms with Crippen molar-refractivity contribution in [3.63, 3.8) is 0 Å². The predicted octanol–water partition coefficient (Wildman–Crippen LogP) is 3.83. The zero-order chi connectivity index (χ0) is 15.4. The van der Waals surface area contributed by atoms with E-state index in [1.54, 1.807) is 0 Å². The lowest BCUT2D eigenvalue weighted by molar-refractivity contribution is -0.384. The molecule has 1 N–H and O–H groups in total. The van der Waals surface area contributed by atoms with Gasteiger partial charge in [-0.25, -0.2) is 0 Å². The second-order valence-electron chi connectivity index (χ2n) is 4.76. The molecule has 2 rings (SSSR count). The molecule has 6 heteroatoms. The summed E-state index contributed by atoms with van der Waals surface area (Å²) in [6.45, 7) is 6.44. The Labute approximate surface area is 122 Å². The standard InChI is InChI=1S/C15H17N3O3/c1-4-16-14-8-12(18(19)20)9-15(17-14)21-13-6-10(2)5-11(3)7-13/h5-9H,4H2,1-3H3,(H,16,17). The largest absolute Gasteiger partial charge is 0.439 e. The molecule has 0 unspecified atom stereocenters. The highest BCUT2D eigenvalue weighted by Crippen LogP contribution is 2.27. The van der Waals surface area contributed by atoms with Crippen LogP contribution in [0.25, 0.3) is 0 Å². The predicted molar refractivity (Wildman–Crippen MR) is 81.0 cm³/mol. The Morgan fingerprint density at radius 1 is 1.19 bits per heavy atom. The highest BCUT2D eigenvalue weighted by atomic mass is 16.6. The minimum Gasteiger partial charge on any atom is -0.439 e. The van der Waals surface area contributed by atoms with Crippen molar-refractivity contribution in [1.29, 1.82) is 0 Å². The molecular weight excluding hydrogens is 270 g/mol. The van der Waals surface area contributed by atoms with Crippen molar-refractivity contribution in [3.05, 3.63) is 51.6 Å². The number of rotatable bonds is 5. The molecule has 1 heterocycles. The van der Waals surface area contributed by atoms with E-state index in [1.165, 1.54) is 12.1 Å². The number of anilines is 1. The summed E-state index contributed by atoms with van der Waals surface area (Å²) in [6, 6.07) is 8.45. The maximum atomic E-state index is 11.0. The molecule has 6 nitrogen and oxygen atoms in total. The van der Waals surface area contributed by atoms with Crippen molar-refractivity contribution in [3.8, 4) is 11.6 Å². The molecule has 0 fully saturated rings. The fraction of sp³-hybridized carbons (Fsp3) is 0.267. The number of nitrogens with one attached hydrogen (secondary N) is 1. The molecule has 0 aliphatic rings. The van der Waals surface area contributed by atoms with E-state index < -0.39 is 4.92 Å². The third-order valence-corrected chi connectivity index (χ3v) is 2.77. The smallest absolute Gasteiger partial charge is 0.278 e. The number of hydrogen-bond acceptors (Lipinski definition) is 5. The highest BCUT2D eigenvalue weighted by molar-refractivity contribution is 5.49. The molecule has 0 amide bonds. The van der Waals surface area contributed by atoms with Crippen molar-refractivity contribution in [2.45, 2.75) is 20.8 Å². The second-order valence-corrected chi connectivity index (χ2v) is 4.76. The topological polar surface area (TPSA) is 77.3 Å². The lowest BCUT2D eigenvalue weighted by Crippen LogP contribution is -2.02. The van der Waals surface area contributed by atoms with Crippen LogP contribution in [0.3, 0.4) is 0 Å². The van der Waals surface area contributed by atoms with Crippen LogP contribution in [-0.2, 0) is 0 Å². The molecule has 1 aromatic carbocycles. The molecule has 0 spiro atoms. The maximum absolute atomic E-state index is 11.0. The van der Waals surface area contributed by atoms with Gasteiger partial charge in [0, 0.05) is 6.54 Å². The molecule has 2 aromatic rings. The number of aryl methyl sites for hydroxylation is 2. The Balaban J connectivity index is 2.35. The Morgan fingerprint density at radius 3 is 2.43 bits per heavy atom. The SMILES string of the molecule is CCNc1cc([N+](=O)[O-])cc(Oc2cc(C)cc(C)c2)n1. The van der Waals surface area contributed by atoms with Gasteiger partial charge in [-0.05, 0) is 44.0 Å². The van der Waals surface area contributed by atoms with Gasteiger partial charge >= 0.3 is 0 Å². The van der Waals surface area contributed by atoms with Crippen molar-refractivity contribution >= 4 is 11.5 Å². The molecule has 0 radical (unpaired) electrons. The molecule has 0 saturated heterocycles. The first-order chi connectivity index (χ1) is 9.97. The van der Waals surface area contributed by atoms with E-state index in [-0.39, 0.29) is 11.6 Å². The van der Waals surface area contributed by atoms with Crippen LogP contribution in [-0.4, -0.2) is 16.5 Å². The molecule has 0 aliphatic heterocycles.